The van der Waals surface area contributed by atoms with Crippen LogP contribution in [0, 0.1) is 12.8 Å². The standard InChI is InChI=1S/C17H19BrF3NO/c1-10-2-3-12(18)8-13(10)14-9-22-16(15(14)23)6-4-11(5-7-16)17(19,20)21/h2-3,8,11,22-23H,4-7,9H2,1H3. The van der Waals surface area contributed by atoms with Crippen molar-refractivity contribution in [3.8, 4) is 0 Å². The third kappa shape index (κ3) is 3.03. The molecule has 1 aliphatic carbocycles. The first kappa shape index (κ1) is 16.8. The van der Waals surface area contributed by atoms with E-state index in [0.29, 0.717) is 19.4 Å². The molecule has 1 aromatic carbocycles. The van der Waals surface area contributed by atoms with E-state index >= 15 is 0 Å². The van der Waals surface area contributed by atoms with Crippen LogP contribution in [0.5, 0.6) is 0 Å². The van der Waals surface area contributed by atoms with E-state index in [1.165, 1.54) is 0 Å². The van der Waals surface area contributed by atoms with E-state index in [0.717, 1.165) is 21.2 Å². The summed E-state index contributed by atoms with van der Waals surface area (Å²) in [4.78, 5) is 0. The number of hydrogen-bond donors (Lipinski definition) is 2. The minimum absolute atomic E-state index is 0.0608. The molecule has 6 heteroatoms. The molecule has 0 unspecified atom stereocenters. The molecule has 1 heterocycles. The van der Waals surface area contributed by atoms with Crippen LogP contribution in [0.1, 0.15) is 36.8 Å². The summed E-state index contributed by atoms with van der Waals surface area (Å²) < 4.78 is 39.5. The van der Waals surface area contributed by atoms with E-state index in [1.807, 2.05) is 25.1 Å². The lowest BCUT2D eigenvalue weighted by Gasteiger charge is -2.38. The molecular weight excluding hydrogens is 371 g/mol. The van der Waals surface area contributed by atoms with Crippen LogP contribution in [-0.4, -0.2) is 23.4 Å². The van der Waals surface area contributed by atoms with Crippen molar-refractivity contribution >= 4 is 21.5 Å². The highest BCUT2D eigenvalue weighted by Gasteiger charge is 2.49. The summed E-state index contributed by atoms with van der Waals surface area (Å²) in [5.74, 6) is -1.03. The molecule has 0 bridgehead atoms. The lowest BCUT2D eigenvalue weighted by atomic mass is 9.75. The fraction of sp³-hybridized carbons (Fsp3) is 0.529. The fourth-order valence-corrected chi connectivity index (χ4v) is 4.07. The predicted molar refractivity (Wildman–Crippen MR) is 87.2 cm³/mol. The van der Waals surface area contributed by atoms with Gasteiger partial charge in [-0.2, -0.15) is 13.2 Å². The zero-order chi connectivity index (χ0) is 16.8. The van der Waals surface area contributed by atoms with E-state index in [9.17, 15) is 18.3 Å². The molecule has 2 N–H and O–H groups in total. The molecule has 0 aromatic heterocycles. The van der Waals surface area contributed by atoms with Crippen LogP contribution < -0.4 is 5.32 Å². The van der Waals surface area contributed by atoms with Crippen molar-refractivity contribution in [2.24, 2.45) is 5.92 Å². The van der Waals surface area contributed by atoms with Crippen LogP contribution in [0.2, 0.25) is 0 Å². The largest absolute Gasteiger partial charge is 0.510 e. The van der Waals surface area contributed by atoms with Gasteiger partial charge in [-0.1, -0.05) is 22.0 Å². The highest BCUT2D eigenvalue weighted by atomic mass is 79.9. The van der Waals surface area contributed by atoms with Crippen LogP contribution in [0.4, 0.5) is 13.2 Å². The summed E-state index contributed by atoms with van der Waals surface area (Å²) >= 11 is 3.43. The monoisotopic (exact) mass is 389 g/mol. The van der Waals surface area contributed by atoms with Gasteiger partial charge in [0.15, 0.2) is 0 Å². The highest BCUT2D eigenvalue weighted by molar-refractivity contribution is 9.10. The molecule has 126 valence electrons. The molecule has 0 radical (unpaired) electrons. The average Bonchev–Trinajstić information content (AvgIpc) is 2.79. The molecular formula is C17H19BrF3NO. The number of halogens is 4. The maximum atomic E-state index is 12.9. The van der Waals surface area contributed by atoms with Crippen molar-refractivity contribution in [3.05, 3.63) is 39.6 Å². The minimum Gasteiger partial charge on any atom is -0.510 e. The minimum atomic E-state index is -4.14. The third-order valence-electron chi connectivity index (χ3n) is 5.17. The van der Waals surface area contributed by atoms with Crippen molar-refractivity contribution < 1.29 is 18.3 Å². The Hall–Kier alpha value is -1.01. The Morgan fingerprint density at radius 1 is 1.26 bits per heavy atom. The number of aryl methyl sites for hydroxylation is 1. The van der Waals surface area contributed by atoms with Crippen molar-refractivity contribution in [2.75, 3.05) is 6.54 Å². The van der Waals surface area contributed by atoms with Gasteiger partial charge < -0.3 is 10.4 Å². The van der Waals surface area contributed by atoms with Crippen LogP contribution in [0.15, 0.2) is 28.4 Å². The van der Waals surface area contributed by atoms with Gasteiger partial charge in [-0.05, 0) is 55.9 Å². The molecule has 1 saturated carbocycles. The van der Waals surface area contributed by atoms with Crippen LogP contribution in [0.3, 0.4) is 0 Å². The molecule has 2 nitrogen and oxygen atoms in total. The Balaban J connectivity index is 1.88. The summed E-state index contributed by atoms with van der Waals surface area (Å²) in [5, 5.41) is 14.0. The normalized spacial score (nSPS) is 28.7. The molecule has 2 aliphatic rings. The molecule has 3 rings (SSSR count). The van der Waals surface area contributed by atoms with E-state index in [2.05, 4.69) is 21.2 Å². The van der Waals surface area contributed by atoms with E-state index in [4.69, 9.17) is 0 Å². The molecule has 1 aliphatic heterocycles. The number of benzene rings is 1. The molecule has 1 spiro atoms. The molecule has 1 fully saturated rings. The van der Waals surface area contributed by atoms with Crippen LogP contribution in [-0.2, 0) is 0 Å². The van der Waals surface area contributed by atoms with Crippen molar-refractivity contribution in [1.82, 2.24) is 5.32 Å². The van der Waals surface area contributed by atoms with Gasteiger partial charge in [0.25, 0.3) is 0 Å². The summed E-state index contributed by atoms with van der Waals surface area (Å²) in [7, 11) is 0. The Labute approximate surface area is 141 Å². The van der Waals surface area contributed by atoms with Crippen LogP contribution in [0.25, 0.3) is 5.57 Å². The predicted octanol–water partition coefficient (Wildman–Crippen LogP) is 5.12. The van der Waals surface area contributed by atoms with Gasteiger partial charge in [0.1, 0.15) is 5.76 Å². The van der Waals surface area contributed by atoms with E-state index in [1.54, 1.807) is 0 Å². The zero-order valence-corrected chi connectivity index (χ0v) is 14.4. The second kappa shape index (κ2) is 5.81. The van der Waals surface area contributed by atoms with Gasteiger partial charge in [0, 0.05) is 16.6 Å². The van der Waals surface area contributed by atoms with Gasteiger partial charge >= 0.3 is 6.18 Å². The molecule has 0 atom stereocenters. The number of hydrogen-bond acceptors (Lipinski definition) is 2. The number of aliphatic hydroxyl groups is 1. The lowest BCUT2D eigenvalue weighted by molar-refractivity contribution is -0.184. The van der Waals surface area contributed by atoms with Gasteiger partial charge in [-0.15, -0.1) is 0 Å². The van der Waals surface area contributed by atoms with Crippen molar-refractivity contribution in [1.29, 1.82) is 0 Å². The summed E-state index contributed by atoms with van der Waals surface area (Å²) in [5.41, 5.74) is 2.09. The summed E-state index contributed by atoms with van der Waals surface area (Å²) in [6.45, 7) is 2.45. The van der Waals surface area contributed by atoms with Crippen molar-refractivity contribution in [3.63, 3.8) is 0 Å². The second-order valence-electron chi connectivity index (χ2n) is 6.54. The zero-order valence-electron chi connectivity index (χ0n) is 12.8. The molecule has 23 heavy (non-hydrogen) atoms. The fourth-order valence-electron chi connectivity index (χ4n) is 3.71. The first-order valence-corrected chi connectivity index (χ1v) is 8.53. The molecule has 0 amide bonds. The number of alkyl halides is 3. The molecule has 1 aromatic rings. The van der Waals surface area contributed by atoms with Crippen molar-refractivity contribution in [2.45, 2.75) is 44.3 Å². The van der Waals surface area contributed by atoms with E-state index < -0.39 is 17.6 Å². The Bertz CT molecular complexity index is 646. The van der Waals surface area contributed by atoms with Gasteiger partial charge in [-0.3, -0.25) is 0 Å². The Kier molecular flexibility index (Phi) is 4.25. The summed E-state index contributed by atoms with van der Waals surface area (Å²) in [6.07, 6.45) is -3.38. The van der Waals surface area contributed by atoms with Gasteiger partial charge in [-0.25, -0.2) is 0 Å². The maximum absolute atomic E-state index is 12.9. The maximum Gasteiger partial charge on any atom is 0.391 e. The number of rotatable bonds is 1. The summed E-state index contributed by atoms with van der Waals surface area (Å²) in [6, 6.07) is 5.84. The second-order valence-corrected chi connectivity index (χ2v) is 7.45. The smallest absolute Gasteiger partial charge is 0.391 e. The molecule has 0 saturated heterocycles. The SMILES string of the molecule is Cc1ccc(Br)cc1C1=C(O)C2(CCC(C(F)(F)F)CC2)NC1. The number of aliphatic hydroxyl groups excluding tert-OH is 1. The topological polar surface area (TPSA) is 32.3 Å². The first-order chi connectivity index (χ1) is 10.7. The highest BCUT2D eigenvalue weighted by Crippen LogP contribution is 2.46. The lowest BCUT2D eigenvalue weighted by Crippen LogP contribution is -2.47. The first-order valence-electron chi connectivity index (χ1n) is 7.74. The third-order valence-corrected chi connectivity index (χ3v) is 5.66. The number of nitrogens with one attached hydrogen (secondary N) is 1. The van der Waals surface area contributed by atoms with Crippen LogP contribution >= 0.6 is 15.9 Å². The van der Waals surface area contributed by atoms with E-state index in [-0.39, 0.29) is 18.6 Å². The quantitative estimate of drug-likeness (QED) is 0.698. The average molecular weight is 390 g/mol. The Morgan fingerprint density at radius 3 is 2.52 bits per heavy atom. The van der Waals surface area contributed by atoms with Gasteiger partial charge in [0.2, 0.25) is 0 Å². The van der Waals surface area contributed by atoms with Gasteiger partial charge in [0.05, 0.1) is 11.5 Å². The Morgan fingerprint density at radius 2 is 1.91 bits per heavy atom.